The van der Waals surface area contributed by atoms with E-state index < -0.39 is 0 Å². The highest BCUT2D eigenvalue weighted by atomic mass is 127. The molecule has 9 heteroatoms. The van der Waals surface area contributed by atoms with Crippen LogP contribution in [0.1, 0.15) is 38.2 Å². The molecule has 0 aromatic heterocycles. The SMILES string of the molecule is CCN1CCCC1CNC(=NCC(=O)N(C)C)NC1CCN(Cc2ccc(F)cc2)CC1.I. The number of rotatable bonds is 8. The van der Waals surface area contributed by atoms with E-state index in [1.807, 2.05) is 12.1 Å². The fourth-order valence-electron chi connectivity index (χ4n) is 4.47. The van der Waals surface area contributed by atoms with Gasteiger partial charge in [0.05, 0.1) is 0 Å². The Labute approximate surface area is 215 Å². The second kappa shape index (κ2) is 14.1. The first kappa shape index (κ1) is 27.8. The van der Waals surface area contributed by atoms with Gasteiger partial charge < -0.3 is 15.5 Å². The van der Waals surface area contributed by atoms with E-state index in [4.69, 9.17) is 0 Å². The van der Waals surface area contributed by atoms with E-state index in [9.17, 15) is 9.18 Å². The average molecular weight is 575 g/mol. The van der Waals surface area contributed by atoms with Crippen LogP contribution in [0.15, 0.2) is 29.3 Å². The van der Waals surface area contributed by atoms with Crippen molar-refractivity contribution in [2.24, 2.45) is 4.99 Å². The Hall–Kier alpha value is -1.46. The van der Waals surface area contributed by atoms with Crippen LogP contribution in [0.3, 0.4) is 0 Å². The van der Waals surface area contributed by atoms with E-state index in [2.05, 4.69) is 32.3 Å². The third kappa shape index (κ3) is 9.01. The van der Waals surface area contributed by atoms with Gasteiger partial charge in [-0.2, -0.15) is 0 Å². The molecule has 1 amide bonds. The zero-order valence-corrected chi connectivity index (χ0v) is 22.6. The van der Waals surface area contributed by atoms with Gasteiger partial charge in [0.2, 0.25) is 5.91 Å². The average Bonchev–Trinajstić information content (AvgIpc) is 3.25. The molecule has 2 aliphatic rings. The van der Waals surface area contributed by atoms with Crippen LogP contribution in [0.25, 0.3) is 0 Å². The minimum absolute atomic E-state index is 0. The molecular formula is C24H40FIN6O. The molecule has 2 fully saturated rings. The van der Waals surface area contributed by atoms with Gasteiger partial charge in [-0.25, -0.2) is 9.38 Å². The third-order valence-electron chi connectivity index (χ3n) is 6.53. The van der Waals surface area contributed by atoms with Gasteiger partial charge in [-0.1, -0.05) is 19.1 Å². The van der Waals surface area contributed by atoms with E-state index in [1.54, 1.807) is 19.0 Å². The van der Waals surface area contributed by atoms with Crippen molar-refractivity contribution in [1.29, 1.82) is 0 Å². The van der Waals surface area contributed by atoms with Gasteiger partial charge in [0, 0.05) is 52.4 Å². The molecule has 7 nitrogen and oxygen atoms in total. The minimum atomic E-state index is -0.191. The fourth-order valence-corrected chi connectivity index (χ4v) is 4.47. The van der Waals surface area contributed by atoms with Crippen molar-refractivity contribution < 1.29 is 9.18 Å². The zero-order valence-electron chi connectivity index (χ0n) is 20.2. The molecule has 1 aromatic rings. The molecule has 33 heavy (non-hydrogen) atoms. The fraction of sp³-hybridized carbons (Fsp3) is 0.667. The van der Waals surface area contributed by atoms with Gasteiger partial charge in [-0.15, -0.1) is 24.0 Å². The molecule has 3 rings (SSSR count). The lowest BCUT2D eigenvalue weighted by Gasteiger charge is -2.33. The largest absolute Gasteiger partial charge is 0.355 e. The lowest BCUT2D eigenvalue weighted by atomic mass is 10.0. The molecule has 186 valence electrons. The monoisotopic (exact) mass is 574 g/mol. The summed E-state index contributed by atoms with van der Waals surface area (Å²) in [6.07, 6.45) is 4.46. The molecule has 2 heterocycles. The van der Waals surface area contributed by atoms with Crippen LogP contribution >= 0.6 is 24.0 Å². The van der Waals surface area contributed by atoms with Gasteiger partial charge in [0.1, 0.15) is 12.4 Å². The number of halogens is 2. The number of carbonyl (C=O) groups is 1. The summed E-state index contributed by atoms with van der Waals surface area (Å²) in [5, 5.41) is 7.07. The van der Waals surface area contributed by atoms with Crippen LogP contribution in [0.2, 0.25) is 0 Å². The van der Waals surface area contributed by atoms with E-state index in [0.717, 1.165) is 63.6 Å². The van der Waals surface area contributed by atoms with E-state index in [1.165, 1.54) is 25.0 Å². The predicted octanol–water partition coefficient (Wildman–Crippen LogP) is 2.52. The van der Waals surface area contributed by atoms with Gasteiger partial charge >= 0.3 is 0 Å². The molecule has 1 aromatic carbocycles. The molecular weight excluding hydrogens is 534 g/mol. The summed E-state index contributed by atoms with van der Waals surface area (Å²) in [6.45, 7) is 8.23. The Balaban J connectivity index is 0.00000385. The molecule has 0 saturated carbocycles. The number of guanidine groups is 1. The van der Waals surface area contributed by atoms with E-state index in [0.29, 0.717) is 12.1 Å². The summed E-state index contributed by atoms with van der Waals surface area (Å²) in [4.78, 5) is 23.1. The van der Waals surface area contributed by atoms with Gasteiger partial charge in [0.15, 0.2) is 5.96 Å². The van der Waals surface area contributed by atoms with Gasteiger partial charge in [-0.3, -0.25) is 14.6 Å². The summed E-state index contributed by atoms with van der Waals surface area (Å²) in [5.41, 5.74) is 1.14. The molecule has 0 spiro atoms. The Morgan fingerprint density at radius 2 is 1.85 bits per heavy atom. The number of hydrogen-bond donors (Lipinski definition) is 2. The van der Waals surface area contributed by atoms with Gasteiger partial charge in [0.25, 0.3) is 0 Å². The lowest BCUT2D eigenvalue weighted by molar-refractivity contribution is -0.127. The molecule has 1 atom stereocenters. The number of amides is 1. The Kier molecular flexibility index (Phi) is 11.8. The number of carbonyl (C=O) groups excluding carboxylic acids is 1. The highest BCUT2D eigenvalue weighted by Crippen LogP contribution is 2.16. The second-order valence-corrected chi connectivity index (χ2v) is 9.08. The van der Waals surface area contributed by atoms with Crippen LogP contribution in [-0.4, -0.2) is 92.0 Å². The quantitative estimate of drug-likeness (QED) is 0.284. The number of hydrogen-bond acceptors (Lipinski definition) is 4. The summed E-state index contributed by atoms with van der Waals surface area (Å²) < 4.78 is 13.1. The standard InChI is InChI=1S/C24H39FN6O.HI/c1-4-31-13-5-6-22(31)16-26-24(27-17-23(32)29(2)3)28-21-11-14-30(15-12-21)18-19-7-9-20(25)10-8-19;/h7-10,21-22H,4-6,11-18H2,1-3H3,(H2,26,27,28);1H. The highest BCUT2D eigenvalue weighted by molar-refractivity contribution is 14.0. The van der Waals surface area contributed by atoms with Crippen LogP contribution in [0, 0.1) is 5.82 Å². The highest BCUT2D eigenvalue weighted by Gasteiger charge is 2.24. The number of likely N-dealkylation sites (tertiary alicyclic amines) is 2. The molecule has 2 N–H and O–H groups in total. The number of likely N-dealkylation sites (N-methyl/N-ethyl adjacent to an activating group) is 2. The molecule has 0 bridgehead atoms. The van der Waals surface area contributed by atoms with Crippen LogP contribution < -0.4 is 10.6 Å². The smallest absolute Gasteiger partial charge is 0.243 e. The predicted molar refractivity (Wildman–Crippen MR) is 143 cm³/mol. The third-order valence-corrected chi connectivity index (χ3v) is 6.53. The van der Waals surface area contributed by atoms with Crippen molar-refractivity contribution in [2.75, 3.05) is 53.4 Å². The molecule has 0 radical (unpaired) electrons. The zero-order chi connectivity index (χ0) is 22.9. The number of benzene rings is 1. The number of aliphatic imine (C=N–C) groups is 1. The summed E-state index contributed by atoms with van der Waals surface area (Å²) >= 11 is 0. The molecule has 2 aliphatic heterocycles. The maximum absolute atomic E-state index is 13.1. The minimum Gasteiger partial charge on any atom is -0.355 e. The van der Waals surface area contributed by atoms with E-state index in [-0.39, 0.29) is 42.2 Å². The summed E-state index contributed by atoms with van der Waals surface area (Å²) in [5.74, 6) is 0.541. The van der Waals surface area contributed by atoms with Crippen molar-refractivity contribution >= 4 is 35.8 Å². The van der Waals surface area contributed by atoms with Crippen molar-refractivity contribution in [2.45, 2.75) is 51.2 Å². The maximum atomic E-state index is 13.1. The first-order valence-corrected chi connectivity index (χ1v) is 11.9. The first-order chi connectivity index (χ1) is 15.4. The summed E-state index contributed by atoms with van der Waals surface area (Å²) in [6, 6.07) is 7.62. The maximum Gasteiger partial charge on any atom is 0.243 e. The van der Waals surface area contributed by atoms with Crippen molar-refractivity contribution in [3.8, 4) is 0 Å². The number of nitrogens with zero attached hydrogens (tertiary/aromatic N) is 4. The van der Waals surface area contributed by atoms with Gasteiger partial charge in [-0.05, 0) is 56.5 Å². The number of nitrogens with one attached hydrogen (secondary N) is 2. The Morgan fingerprint density at radius 1 is 1.15 bits per heavy atom. The summed E-state index contributed by atoms with van der Waals surface area (Å²) in [7, 11) is 3.51. The first-order valence-electron chi connectivity index (χ1n) is 11.9. The number of piperidine rings is 1. The second-order valence-electron chi connectivity index (χ2n) is 9.08. The Bertz CT molecular complexity index is 752. The van der Waals surface area contributed by atoms with Crippen LogP contribution in [-0.2, 0) is 11.3 Å². The van der Waals surface area contributed by atoms with Crippen LogP contribution in [0.4, 0.5) is 4.39 Å². The molecule has 2 saturated heterocycles. The van der Waals surface area contributed by atoms with E-state index >= 15 is 0 Å². The molecule has 0 aliphatic carbocycles. The topological polar surface area (TPSA) is 63.2 Å². The Morgan fingerprint density at radius 3 is 2.48 bits per heavy atom. The van der Waals surface area contributed by atoms with Crippen molar-refractivity contribution in [1.82, 2.24) is 25.3 Å². The molecule has 1 unspecified atom stereocenters. The normalized spacial score (nSPS) is 20.4. The van der Waals surface area contributed by atoms with Crippen LogP contribution in [0.5, 0.6) is 0 Å². The van der Waals surface area contributed by atoms with Crippen molar-refractivity contribution in [3.05, 3.63) is 35.6 Å². The van der Waals surface area contributed by atoms with Crippen molar-refractivity contribution in [3.63, 3.8) is 0 Å². The lowest BCUT2D eigenvalue weighted by Crippen LogP contribution is -2.51.